The summed E-state index contributed by atoms with van der Waals surface area (Å²) in [4.78, 5) is 18.3. The lowest BCUT2D eigenvalue weighted by Crippen LogP contribution is -2.54. The second-order valence-electron chi connectivity index (χ2n) is 7.51. The number of nitrogens with zero attached hydrogens (tertiary/aromatic N) is 5. The normalized spacial score (nSPS) is 23.2. The molecule has 0 unspecified atom stereocenters. The highest BCUT2D eigenvalue weighted by Gasteiger charge is 2.41. The van der Waals surface area contributed by atoms with Gasteiger partial charge in [0.25, 0.3) is 11.8 Å². The number of rotatable bonds is 2. The second kappa shape index (κ2) is 7.30. The lowest BCUT2D eigenvalue weighted by atomic mass is 10.0. The average Bonchev–Trinajstić information content (AvgIpc) is 3.22. The molecule has 0 saturated carbocycles. The molecule has 0 spiro atoms. The fourth-order valence-corrected chi connectivity index (χ4v) is 3.65. The zero-order valence-electron chi connectivity index (χ0n) is 16.2. The van der Waals surface area contributed by atoms with Crippen LogP contribution in [0.2, 0.25) is 0 Å². The van der Waals surface area contributed by atoms with E-state index in [2.05, 4.69) is 20.8 Å². The SMILES string of the molecule is Cn1cc(NC(=O)C2=C3N=C(N4C[C@H](N)CC(F)(F)C4)C=CN3NC2)c(C(F)(F)F)n1. The summed E-state index contributed by atoms with van der Waals surface area (Å²) in [6, 6.07) is -0.747. The molecule has 14 heteroatoms. The second-order valence-corrected chi connectivity index (χ2v) is 7.51. The number of carbonyl (C=O) groups is 1. The molecule has 3 aliphatic heterocycles. The lowest BCUT2D eigenvalue weighted by Gasteiger charge is -2.38. The van der Waals surface area contributed by atoms with E-state index in [0.29, 0.717) is 0 Å². The van der Waals surface area contributed by atoms with Gasteiger partial charge in [0.2, 0.25) is 0 Å². The van der Waals surface area contributed by atoms with Crippen LogP contribution in [0.1, 0.15) is 12.1 Å². The molecular weight excluding hydrogens is 427 g/mol. The number of hydrogen-bond acceptors (Lipinski definition) is 7. The van der Waals surface area contributed by atoms with Crippen molar-refractivity contribution < 1.29 is 26.7 Å². The summed E-state index contributed by atoms with van der Waals surface area (Å²) in [5, 5.41) is 6.95. The van der Waals surface area contributed by atoms with Gasteiger partial charge >= 0.3 is 6.18 Å². The van der Waals surface area contributed by atoms with Gasteiger partial charge in [-0.2, -0.15) is 18.3 Å². The number of likely N-dealkylation sites (tertiary alicyclic amines) is 1. The van der Waals surface area contributed by atoms with E-state index in [1.165, 1.54) is 29.2 Å². The average molecular weight is 446 g/mol. The number of aryl methyl sites for hydroxylation is 1. The van der Waals surface area contributed by atoms with Crippen LogP contribution in [0.3, 0.4) is 0 Å². The number of aliphatic imine (C=N–C) groups is 1. The third-order valence-electron chi connectivity index (χ3n) is 4.90. The summed E-state index contributed by atoms with van der Waals surface area (Å²) in [5.41, 5.74) is 6.90. The van der Waals surface area contributed by atoms with Gasteiger partial charge in [-0.3, -0.25) is 14.5 Å². The predicted octanol–water partition coefficient (Wildman–Crippen LogP) is 1.00. The molecule has 9 nitrogen and oxygen atoms in total. The van der Waals surface area contributed by atoms with Crippen LogP contribution in [0.4, 0.5) is 27.6 Å². The summed E-state index contributed by atoms with van der Waals surface area (Å²) in [6.45, 7) is -0.429. The van der Waals surface area contributed by atoms with Gasteiger partial charge in [-0.05, 0) is 6.08 Å². The number of hydrazine groups is 1. The van der Waals surface area contributed by atoms with E-state index in [-0.39, 0.29) is 30.3 Å². The molecule has 1 aromatic heterocycles. The smallest absolute Gasteiger partial charge is 0.349 e. The first-order valence-corrected chi connectivity index (χ1v) is 9.26. The topological polar surface area (TPSA) is 104 Å². The Morgan fingerprint density at radius 1 is 1.39 bits per heavy atom. The van der Waals surface area contributed by atoms with E-state index in [4.69, 9.17) is 5.73 Å². The van der Waals surface area contributed by atoms with Crippen molar-refractivity contribution in [3.05, 3.63) is 35.6 Å². The van der Waals surface area contributed by atoms with Crippen LogP contribution in [-0.4, -0.2) is 63.0 Å². The number of fused-ring (bicyclic) bond motifs is 1. The monoisotopic (exact) mass is 446 g/mol. The molecule has 0 radical (unpaired) electrons. The Morgan fingerprint density at radius 2 is 2.13 bits per heavy atom. The van der Waals surface area contributed by atoms with Crippen LogP contribution < -0.4 is 16.5 Å². The Balaban J connectivity index is 1.60. The third-order valence-corrected chi connectivity index (χ3v) is 4.90. The zero-order valence-corrected chi connectivity index (χ0v) is 16.2. The standard InChI is InChI=1S/C17H19F5N8O/c1-28-7-11(13(27-28)17(20,21)22)25-15(31)10-5-24-30-3-2-12(26-14(10)30)29-6-9(23)4-16(18,19)8-29/h2-3,7,9,24H,4-6,8,23H2,1H3,(H,25,31)/t9-/m1/s1. The van der Waals surface area contributed by atoms with Gasteiger partial charge in [-0.1, -0.05) is 0 Å². The van der Waals surface area contributed by atoms with Crippen molar-refractivity contribution in [2.75, 3.05) is 25.0 Å². The number of amides is 1. The van der Waals surface area contributed by atoms with E-state index in [1.54, 1.807) is 0 Å². The minimum Gasteiger partial charge on any atom is -0.349 e. The number of alkyl halides is 5. The highest BCUT2D eigenvalue weighted by Crippen LogP contribution is 2.34. The zero-order chi connectivity index (χ0) is 22.6. The molecule has 1 fully saturated rings. The van der Waals surface area contributed by atoms with Crippen LogP contribution in [0.15, 0.2) is 34.9 Å². The van der Waals surface area contributed by atoms with Gasteiger partial charge in [0.05, 0.1) is 17.8 Å². The Hall–Kier alpha value is -3.00. The summed E-state index contributed by atoms with van der Waals surface area (Å²) in [6.07, 6.45) is -1.15. The minimum atomic E-state index is -4.75. The largest absolute Gasteiger partial charge is 0.437 e. The van der Waals surface area contributed by atoms with Gasteiger partial charge in [0.15, 0.2) is 11.5 Å². The van der Waals surface area contributed by atoms with Crippen molar-refractivity contribution in [3.63, 3.8) is 0 Å². The molecule has 0 aliphatic carbocycles. The molecule has 3 aliphatic rings. The molecule has 1 atom stereocenters. The predicted molar refractivity (Wildman–Crippen MR) is 99.4 cm³/mol. The van der Waals surface area contributed by atoms with E-state index < -0.39 is 48.4 Å². The molecule has 1 aromatic rings. The quantitative estimate of drug-likeness (QED) is 0.586. The van der Waals surface area contributed by atoms with Crippen molar-refractivity contribution in [1.29, 1.82) is 0 Å². The Labute approximate surface area is 173 Å². The Bertz CT molecular complexity index is 995. The summed E-state index contributed by atoms with van der Waals surface area (Å²) in [5.74, 6) is -3.51. The Kier molecular flexibility index (Phi) is 5.00. The van der Waals surface area contributed by atoms with E-state index in [9.17, 15) is 26.7 Å². The number of anilines is 1. The minimum absolute atomic E-state index is 0.0143. The molecule has 168 valence electrons. The summed E-state index contributed by atoms with van der Waals surface area (Å²) < 4.78 is 68.2. The fourth-order valence-electron chi connectivity index (χ4n) is 3.65. The number of halogens is 5. The van der Waals surface area contributed by atoms with E-state index >= 15 is 0 Å². The van der Waals surface area contributed by atoms with Crippen LogP contribution >= 0.6 is 0 Å². The van der Waals surface area contributed by atoms with Crippen LogP contribution in [0.5, 0.6) is 0 Å². The number of carbonyl (C=O) groups excluding carboxylic acids is 1. The molecule has 31 heavy (non-hydrogen) atoms. The lowest BCUT2D eigenvalue weighted by molar-refractivity contribution is -0.140. The molecule has 4 rings (SSSR count). The Morgan fingerprint density at radius 3 is 2.81 bits per heavy atom. The molecule has 0 aromatic carbocycles. The number of nitrogens with one attached hydrogen (secondary N) is 2. The number of aromatic nitrogens is 2. The van der Waals surface area contributed by atoms with Crippen molar-refractivity contribution >= 4 is 17.4 Å². The van der Waals surface area contributed by atoms with E-state index in [1.807, 2.05) is 0 Å². The number of piperidine rings is 1. The molecular formula is C17H19F5N8O. The van der Waals surface area contributed by atoms with Gasteiger partial charge < -0.3 is 16.0 Å². The first kappa shape index (κ1) is 21.2. The van der Waals surface area contributed by atoms with Crippen molar-refractivity contribution in [1.82, 2.24) is 25.1 Å². The van der Waals surface area contributed by atoms with Gasteiger partial charge in [-0.25, -0.2) is 19.2 Å². The summed E-state index contributed by atoms with van der Waals surface area (Å²) in [7, 11) is 1.30. The summed E-state index contributed by atoms with van der Waals surface area (Å²) >= 11 is 0. The number of amidine groups is 1. The first-order valence-electron chi connectivity index (χ1n) is 9.26. The highest BCUT2D eigenvalue weighted by atomic mass is 19.4. The van der Waals surface area contributed by atoms with Crippen LogP contribution in [-0.2, 0) is 18.0 Å². The maximum absolute atomic E-state index is 13.9. The van der Waals surface area contributed by atoms with Crippen molar-refractivity contribution in [2.45, 2.75) is 24.6 Å². The fraction of sp³-hybridized carbons (Fsp3) is 0.471. The highest BCUT2D eigenvalue weighted by molar-refractivity contribution is 6.06. The maximum atomic E-state index is 13.9. The number of hydrogen-bond donors (Lipinski definition) is 3. The maximum Gasteiger partial charge on any atom is 0.437 e. The van der Waals surface area contributed by atoms with Crippen molar-refractivity contribution in [2.24, 2.45) is 17.8 Å². The molecule has 1 saturated heterocycles. The van der Waals surface area contributed by atoms with E-state index in [0.717, 1.165) is 10.9 Å². The van der Waals surface area contributed by atoms with Gasteiger partial charge in [0.1, 0.15) is 5.84 Å². The first-order chi connectivity index (χ1) is 14.4. The molecule has 1 amide bonds. The van der Waals surface area contributed by atoms with Gasteiger partial charge in [0, 0.05) is 45.0 Å². The molecule has 0 bridgehead atoms. The number of nitrogens with two attached hydrogens (primary N) is 1. The van der Waals surface area contributed by atoms with Crippen LogP contribution in [0.25, 0.3) is 0 Å². The van der Waals surface area contributed by atoms with Crippen molar-refractivity contribution in [3.8, 4) is 0 Å². The molecule has 4 N–H and O–H groups in total. The third kappa shape index (κ3) is 4.25. The van der Waals surface area contributed by atoms with Crippen LogP contribution in [0, 0.1) is 0 Å². The van der Waals surface area contributed by atoms with Gasteiger partial charge in [-0.15, -0.1) is 0 Å². The molecule has 4 heterocycles.